The van der Waals surface area contributed by atoms with E-state index in [1.165, 1.54) is 0 Å². The monoisotopic (exact) mass is 213 g/mol. The second kappa shape index (κ2) is 4.01. The van der Waals surface area contributed by atoms with Crippen molar-refractivity contribution in [3.63, 3.8) is 0 Å². The van der Waals surface area contributed by atoms with Gasteiger partial charge in [0.15, 0.2) is 0 Å². The molecule has 0 aliphatic carbocycles. The van der Waals surface area contributed by atoms with Gasteiger partial charge in [0.05, 0.1) is 0 Å². The van der Waals surface area contributed by atoms with Gasteiger partial charge in [-0.25, -0.2) is 0 Å². The van der Waals surface area contributed by atoms with Crippen molar-refractivity contribution in [3.8, 4) is 0 Å². The third kappa shape index (κ3) is 1.58. The molecule has 16 heavy (non-hydrogen) atoms. The minimum atomic E-state index is -0.622. The van der Waals surface area contributed by atoms with Crippen LogP contribution in [0, 0.1) is 0 Å². The molecular formula is C14H15NO. The van der Waals surface area contributed by atoms with Crippen molar-refractivity contribution in [1.29, 1.82) is 0 Å². The molecular weight excluding hydrogens is 198 g/mol. The van der Waals surface area contributed by atoms with Crippen molar-refractivity contribution in [2.75, 3.05) is 0 Å². The predicted octanol–water partition coefficient (Wildman–Crippen LogP) is 2.94. The molecule has 0 fully saturated rings. The first-order valence-electron chi connectivity index (χ1n) is 5.23. The number of hydrogen-bond donors (Lipinski definition) is 1. The molecule has 82 valence electrons. The van der Waals surface area contributed by atoms with Gasteiger partial charge in [0, 0.05) is 35.3 Å². The van der Waals surface area contributed by atoms with Crippen molar-refractivity contribution < 1.29 is 5.11 Å². The molecule has 1 aromatic carbocycles. The van der Waals surface area contributed by atoms with E-state index in [0.717, 1.165) is 22.0 Å². The van der Waals surface area contributed by atoms with Crippen LogP contribution in [0.15, 0.2) is 48.3 Å². The van der Waals surface area contributed by atoms with Gasteiger partial charge in [-0.1, -0.05) is 24.8 Å². The summed E-state index contributed by atoms with van der Waals surface area (Å²) in [5.41, 5.74) is 5.52. The summed E-state index contributed by atoms with van der Waals surface area (Å²) in [7, 11) is 1.98. The van der Waals surface area contributed by atoms with Crippen molar-refractivity contribution in [1.82, 2.24) is 4.57 Å². The molecule has 1 aromatic heterocycles. The molecule has 0 aliphatic heterocycles. The van der Waals surface area contributed by atoms with Crippen molar-refractivity contribution >= 4 is 10.9 Å². The molecule has 2 nitrogen and oxygen atoms in total. The van der Waals surface area contributed by atoms with E-state index in [4.69, 9.17) is 0 Å². The van der Waals surface area contributed by atoms with E-state index in [2.05, 4.69) is 12.3 Å². The Morgan fingerprint density at radius 1 is 1.44 bits per heavy atom. The molecule has 1 N–H and O–H groups in total. The Morgan fingerprint density at radius 3 is 2.81 bits per heavy atom. The quantitative estimate of drug-likeness (QED) is 0.762. The highest BCUT2D eigenvalue weighted by Crippen LogP contribution is 2.29. The van der Waals surface area contributed by atoms with Crippen LogP contribution in [0.3, 0.4) is 0 Å². The molecule has 2 heteroatoms. The van der Waals surface area contributed by atoms with Gasteiger partial charge in [-0.2, -0.15) is 0 Å². The molecule has 1 unspecified atom stereocenters. The summed E-state index contributed by atoms with van der Waals surface area (Å²) < 4.78 is 2.02. The standard InChI is InChI=1S/C14H15NO/c1-4-10(2)14(16)12-9-15(3)13-8-6-5-7-11(12)13/h5-9,14,16H,1H2,2-3H3. The molecule has 2 aromatic rings. The molecule has 1 heterocycles. The normalized spacial score (nSPS) is 12.4. The van der Waals surface area contributed by atoms with Crippen LogP contribution in [0.4, 0.5) is 0 Å². The second-order valence-corrected chi connectivity index (χ2v) is 3.97. The fraction of sp³-hybridized carbons (Fsp3) is 0.214. The maximum atomic E-state index is 10.1. The fourth-order valence-corrected chi connectivity index (χ4v) is 1.92. The Kier molecular flexibility index (Phi) is 2.69. The smallest absolute Gasteiger partial charge is 0.109 e. The average molecular weight is 213 g/mol. The molecule has 0 spiro atoms. The van der Waals surface area contributed by atoms with E-state index >= 15 is 0 Å². The summed E-state index contributed by atoms with van der Waals surface area (Å²) >= 11 is 0. The van der Waals surface area contributed by atoms with Gasteiger partial charge in [-0.15, -0.1) is 5.73 Å². The van der Waals surface area contributed by atoms with Crippen LogP contribution in [0.1, 0.15) is 18.6 Å². The van der Waals surface area contributed by atoms with Crippen LogP contribution < -0.4 is 0 Å². The number of para-hydroxylation sites is 1. The molecule has 0 aliphatic rings. The molecule has 2 rings (SSSR count). The zero-order valence-corrected chi connectivity index (χ0v) is 9.57. The molecule has 0 bridgehead atoms. The number of fused-ring (bicyclic) bond motifs is 1. The Balaban J connectivity index is 2.66. The minimum absolute atomic E-state index is 0.622. The lowest BCUT2D eigenvalue weighted by Gasteiger charge is -2.07. The van der Waals surface area contributed by atoms with Gasteiger partial charge in [0.1, 0.15) is 6.10 Å². The lowest BCUT2D eigenvalue weighted by atomic mass is 10.0. The lowest BCUT2D eigenvalue weighted by molar-refractivity contribution is 0.217. The Morgan fingerprint density at radius 2 is 2.12 bits per heavy atom. The van der Waals surface area contributed by atoms with E-state index in [-0.39, 0.29) is 0 Å². The van der Waals surface area contributed by atoms with E-state index in [1.807, 2.05) is 49.0 Å². The highest BCUT2D eigenvalue weighted by Gasteiger charge is 2.15. The number of aromatic nitrogens is 1. The van der Waals surface area contributed by atoms with E-state index < -0.39 is 6.10 Å². The van der Waals surface area contributed by atoms with Gasteiger partial charge in [-0.3, -0.25) is 0 Å². The second-order valence-electron chi connectivity index (χ2n) is 3.97. The third-order valence-electron chi connectivity index (χ3n) is 2.91. The number of hydrogen-bond acceptors (Lipinski definition) is 1. The van der Waals surface area contributed by atoms with Crippen molar-refractivity contribution in [2.45, 2.75) is 13.0 Å². The summed E-state index contributed by atoms with van der Waals surface area (Å²) in [4.78, 5) is 0. The van der Waals surface area contributed by atoms with Gasteiger partial charge >= 0.3 is 0 Å². The van der Waals surface area contributed by atoms with Crippen molar-refractivity contribution in [3.05, 3.63) is 53.9 Å². The minimum Gasteiger partial charge on any atom is -0.383 e. The highest BCUT2D eigenvalue weighted by molar-refractivity contribution is 5.84. The molecule has 0 saturated heterocycles. The average Bonchev–Trinajstić information content (AvgIpc) is 2.65. The van der Waals surface area contributed by atoms with Crippen molar-refractivity contribution in [2.24, 2.45) is 7.05 Å². The first-order chi connectivity index (χ1) is 7.65. The summed E-state index contributed by atoms with van der Waals surface area (Å²) in [5, 5.41) is 11.2. The van der Waals surface area contributed by atoms with E-state index in [1.54, 1.807) is 0 Å². The number of rotatable bonds is 2. The largest absolute Gasteiger partial charge is 0.383 e. The maximum Gasteiger partial charge on any atom is 0.109 e. The van der Waals surface area contributed by atoms with Crippen LogP contribution >= 0.6 is 0 Å². The first kappa shape index (κ1) is 10.7. The van der Waals surface area contributed by atoms with Crippen LogP contribution in [0.25, 0.3) is 10.9 Å². The van der Waals surface area contributed by atoms with Gasteiger partial charge in [0.25, 0.3) is 0 Å². The lowest BCUT2D eigenvalue weighted by Crippen LogP contribution is -1.97. The highest BCUT2D eigenvalue weighted by atomic mass is 16.3. The molecule has 0 radical (unpaired) electrons. The van der Waals surface area contributed by atoms with Crippen LogP contribution in [0.5, 0.6) is 0 Å². The SMILES string of the molecule is C=C=C(C)C(O)c1cn(C)c2ccccc12. The summed E-state index contributed by atoms with van der Waals surface area (Å²) in [5.74, 6) is 0. The maximum absolute atomic E-state index is 10.1. The Hall–Kier alpha value is -1.76. The predicted molar refractivity (Wildman–Crippen MR) is 66.2 cm³/mol. The van der Waals surface area contributed by atoms with Crippen LogP contribution in [-0.2, 0) is 7.05 Å². The number of nitrogens with zero attached hydrogens (tertiary/aromatic N) is 1. The summed E-state index contributed by atoms with van der Waals surface area (Å²) in [6.45, 7) is 5.40. The van der Waals surface area contributed by atoms with Gasteiger partial charge in [0.2, 0.25) is 0 Å². The fourth-order valence-electron chi connectivity index (χ4n) is 1.92. The van der Waals surface area contributed by atoms with E-state index in [9.17, 15) is 5.11 Å². The van der Waals surface area contributed by atoms with Gasteiger partial charge in [-0.05, 0) is 13.0 Å². The van der Waals surface area contributed by atoms with Crippen LogP contribution in [0.2, 0.25) is 0 Å². The summed E-state index contributed by atoms with van der Waals surface area (Å²) in [6, 6.07) is 8.03. The molecule has 0 amide bonds. The zero-order chi connectivity index (χ0) is 11.7. The number of aryl methyl sites for hydroxylation is 1. The van der Waals surface area contributed by atoms with Gasteiger partial charge < -0.3 is 9.67 Å². The zero-order valence-electron chi connectivity index (χ0n) is 9.57. The number of benzene rings is 1. The topological polar surface area (TPSA) is 25.2 Å². The molecule has 0 saturated carbocycles. The van der Waals surface area contributed by atoms with E-state index in [0.29, 0.717) is 0 Å². The number of aliphatic hydroxyl groups excluding tert-OH is 1. The first-order valence-corrected chi connectivity index (χ1v) is 5.23. The third-order valence-corrected chi connectivity index (χ3v) is 2.91. The Bertz CT molecular complexity index is 573. The van der Waals surface area contributed by atoms with Crippen LogP contribution in [-0.4, -0.2) is 9.67 Å². The molecule has 1 atom stereocenters. The number of aliphatic hydroxyl groups is 1. The Labute approximate surface area is 95.1 Å². The summed E-state index contributed by atoms with van der Waals surface area (Å²) in [6.07, 6.45) is 1.33.